The predicted molar refractivity (Wildman–Crippen MR) is 56.8 cm³/mol. The van der Waals surface area contributed by atoms with E-state index in [9.17, 15) is 4.79 Å². The van der Waals surface area contributed by atoms with Crippen LogP contribution in [0.4, 0.5) is 0 Å². The lowest BCUT2D eigenvalue weighted by Crippen LogP contribution is -2.11. The van der Waals surface area contributed by atoms with Crippen LogP contribution in [-0.2, 0) is 5.75 Å². The van der Waals surface area contributed by atoms with Crippen molar-refractivity contribution in [1.82, 2.24) is 9.78 Å². The van der Waals surface area contributed by atoms with E-state index in [1.54, 1.807) is 22.5 Å². The monoisotopic (exact) mass is 214 g/mol. The van der Waals surface area contributed by atoms with E-state index < -0.39 is 5.97 Å². The number of hydrogen-bond acceptors (Lipinski definition) is 3. The number of rotatable bonds is 4. The molecule has 0 aliphatic heterocycles. The molecule has 1 N–H and O–H groups in total. The normalized spacial score (nSPS) is 10.9. The van der Waals surface area contributed by atoms with Crippen molar-refractivity contribution in [2.45, 2.75) is 25.6 Å². The zero-order valence-corrected chi connectivity index (χ0v) is 9.34. The first-order valence-corrected chi connectivity index (χ1v) is 5.76. The van der Waals surface area contributed by atoms with Crippen molar-refractivity contribution in [3.05, 3.63) is 17.5 Å². The molecule has 0 radical (unpaired) electrons. The Bertz CT molecular complexity index is 334. The molecule has 0 amide bonds. The summed E-state index contributed by atoms with van der Waals surface area (Å²) in [4.78, 5) is 10.9. The van der Waals surface area contributed by atoms with E-state index in [2.05, 4.69) is 5.10 Å². The summed E-state index contributed by atoms with van der Waals surface area (Å²) in [5.74, 6) is -0.168. The Kier molecular flexibility index (Phi) is 3.57. The topological polar surface area (TPSA) is 55.1 Å². The molecule has 0 bridgehead atoms. The van der Waals surface area contributed by atoms with Crippen LogP contribution in [0.25, 0.3) is 0 Å². The maximum atomic E-state index is 10.9. The lowest BCUT2D eigenvalue weighted by atomic mass is 10.3. The molecule has 5 heteroatoms. The number of aromatic nitrogens is 2. The third-order valence-corrected chi connectivity index (χ3v) is 2.37. The number of carboxylic acids is 1. The number of aromatic carboxylic acids is 1. The van der Waals surface area contributed by atoms with Gasteiger partial charge in [0.2, 0.25) is 0 Å². The fraction of sp³-hybridized carbons (Fsp3) is 0.556. The minimum atomic E-state index is -0.918. The highest BCUT2D eigenvalue weighted by Crippen LogP contribution is 2.14. The second-order valence-electron chi connectivity index (χ2n) is 3.30. The minimum absolute atomic E-state index is 0.0803. The Morgan fingerprint density at radius 1 is 1.71 bits per heavy atom. The first kappa shape index (κ1) is 11.1. The van der Waals surface area contributed by atoms with Crippen LogP contribution < -0.4 is 0 Å². The molecule has 1 rings (SSSR count). The molecule has 0 aliphatic rings. The van der Waals surface area contributed by atoms with Crippen LogP contribution in [-0.4, -0.2) is 27.1 Å². The summed E-state index contributed by atoms with van der Waals surface area (Å²) in [5, 5.41) is 13.2. The lowest BCUT2D eigenvalue weighted by Gasteiger charge is -2.07. The molecule has 78 valence electrons. The molecule has 0 unspecified atom stereocenters. The van der Waals surface area contributed by atoms with Crippen molar-refractivity contribution in [1.29, 1.82) is 0 Å². The van der Waals surface area contributed by atoms with Gasteiger partial charge in [0.25, 0.3) is 0 Å². The molecule has 0 aliphatic carbocycles. The number of hydrogen-bond donors (Lipinski definition) is 1. The number of carbonyl (C=O) groups is 1. The Labute approximate surface area is 87.3 Å². The number of nitrogens with zero attached hydrogens (tertiary/aromatic N) is 2. The highest BCUT2D eigenvalue weighted by Gasteiger charge is 2.15. The van der Waals surface area contributed by atoms with E-state index in [0.717, 1.165) is 11.4 Å². The summed E-state index contributed by atoms with van der Waals surface area (Å²) < 4.78 is 1.55. The third-order valence-electron chi connectivity index (χ3n) is 1.79. The number of thioether (sulfide) groups is 1. The van der Waals surface area contributed by atoms with Gasteiger partial charge in [-0.2, -0.15) is 16.9 Å². The molecule has 0 aromatic carbocycles. The Morgan fingerprint density at radius 2 is 2.36 bits per heavy atom. The first-order chi connectivity index (χ1) is 6.56. The Morgan fingerprint density at radius 3 is 2.71 bits per heavy atom. The van der Waals surface area contributed by atoms with E-state index in [1.165, 1.54) is 0 Å². The van der Waals surface area contributed by atoms with Gasteiger partial charge in [0.1, 0.15) is 5.69 Å². The molecular weight excluding hydrogens is 200 g/mol. The van der Waals surface area contributed by atoms with E-state index in [1.807, 2.05) is 20.1 Å². The molecule has 1 aromatic rings. The van der Waals surface area contributed by atoms with Gasteiger partial charge in [-0.05, 0) is 26.2 Å². The predicted octanol–water partition coefficient (Wildman–Crippen LogP) is 2.03. The van der Waals surface area contributed by atoms with Gasteiger partial charge in [-0.1, -0.05) is 0 Å². The molecular formula is C9H14N2O2S. The summed E-state index contributed by atoms with van der Waals surface area (Å²) in [5.41, 5.74) is 1.09. The lowest BCUT2D eigenvalue weighted by molar-refractivity contribution is 0.0681. The zero-order valence-electron chi connectivity index (χ0n) is 8.52. The molecule has 0 saturated heterocycles. The van der Waals surface area contributed by atoms with E-state index in [0.29, 0.717) is 0 Å². The zero-order chi connectivity index (χ0) is 10.7. The molecule has 14 heavy (non-hydrogen) atoms. The standard InChI is InChI=1S/C9H14N2O2S/c1-6(2)11-8(9(12)13)4-7(10-11)5-14-3/h4,6H,5H2,1-3H3,(H,12,13). The van der Waals surface area contributed by atoms with Crippen molar-refractivity contribution >= 4 is 17.7 Å². The van der Waals surface area contributed by atoms with Crippen LogP contribution in [0.1, 0.15) is 36.1 Å². The van der Waals surface area contributed by atoms with Crippen molar-refractivity contribution in [2.24, 2.45) is 0 Å². The van der Waals surface area contributed by atoms with Gasteiger partial charge in [0.15, 0.2) is 0 Å². The summed E-state index contributed by atoms with van der Waals surface area (Å²) in [7, 11) is 0. The molecule has 0 spiro atoms. The SMILES string of the molecule is CSCc1cc(C(=O)O)n(C(C)C)n1. The first-order valence-electron chi connectivity index (χ1n) is 4.37. The van der Waals surface area contributed by atoms with Crippen LogP contribution in [0.5, 0.6) is 0 Å². The van der Waals surface area contributed by atoms with Gasteiger partial charge < -0.3 is 5.11 Å². The fourth-order valence-corrected chi connectivity index (χ4v) is 1.65. The fourth-order valence-electron chi connectivity index (χ4n) is 1.22. The van der Waals surface area contributed by atoms with Crippen molar-refractivity contribution in [2.75, 3.05) is 6.26 Å². The van der Waals surface area contributed by atoms with Gasteiger partial charge in [0.05, 0.1) is 5.69 Å². The highest BCUT2D eigenvalue weighted by atomic mass is 32.2. The van der Waals surface area contributed by atoms with E-state index >= 15 is 0 Å². The van der Waals surface area contributed by atoms with Crippen molar-refractivity contribution < 1.29 is 9.90 Å². The van der Waals surface area contributed by atoms with Gasteiger partial charge in [-0.25, -0.2) is 4.79 Å². The van der Waals surface area contributed by atoms with Gasteiger partial charge in [0, 0.05) is 11.8 Å². The molecule has 1 heterocycles. The average molecular weight is 214 g/mol. The van der Waals surface area contributed by atoms with Crippen molar-refractivity contribution in [3.8, 4) is 0 Å². The van der Waals surface area contributed by atoms with E-state index in [-0.39, 0.29) is 11.7 Å². The van der Waals surface area contributed by atoms with E-state index in [4.69, 9.17) is 5.11 Å². The molecule has 0 fully saturated rings. The summed E-state index contributed by atoms with van der Waals surface area (Å²) in [6, 6.07) is 1.72. The summed E-state index contributed by atoms with van der Waals surface area (Å²) in [6.07, 6.45) is 1.97. The van der Waals surface area contributed by atoms with Gasteiger partial charge in [-0.3, -0.25) is 4.68 Å². The van der Waals surface area contributed by atoms with Crippen LogP contribution in [0.2, 0.25) is 0 Å². The number of carboxylic acid groups (broad SMARTS) is 1. The van der Waals surface area contributed by atoms with Crippen molar-refractivity contribution in [3.63, 3.8) is 0 Å². The maximum absolute atomic E-state index is 10.9. The van der Waals surface area contributed by atoms with Crippen LogP contribution in [0.3, 0.4) is 0 Å². The smallest absolute Gasteiger partial charge is 0.354 e. The highest BCUT2D eigenvalue weighted by molar-refractivity contribution is 7.97. The average Bonchev–Trinajstić information content (AvgIpc) is 2.49. The quantitative estimate of drug-likeness (QED) is 0.833. The minimum Gasteiger partial charge on any atom is -0.477 e. The van der Waals surface area contributed by atoms with Crippen LogP contribution in [0.15, 0.2) is 6.07 Å². The van der Waals surface area contributed by atoms with Crippen LogP contribution >= 0.6 is 11.8 Å². The Balaban J connectivity index is 3.06. The summed E-state index contributed by atoms with van der Waals surface area (Å²) in [6.45, 7) is 3.84. The third kappa shape index (κ3) is 2.29. The van der Waals surface area contributed by atoms with Crippen LogP contribution in [0, 0.1) is 0 Å². The molecule has 4 nitrogen and oxygen atoms in total. The summed E-state index contributed by atoms with van der Waals surface area (Å²) >= 11 is 1.63. The van der Waals surface area contributed by atoms with Gasteiger partial charge >= 0.3 is 5.97 Å². The molecule has 1 aromatic heterocycles. The second kappa shape index (κ2) is 4.50. The maximum Gasteiger partial charge on any atom is 0.354 e. The Hall–Kier alpha value is -0.970. The molecule has 0 saturated carbocycles. The second-order valence-corrected chi connectivity index (χ2v) is 4.16. The van der Waals surface area contributed by atoms with Gasteiger partial charge in [-0.15, -0.1) is 0 Å². The largest absolute Gasteiger partial charge is 0.477 e. The molecule has 0 atom stereocenters.